The Balaban J connectivity index is 1.60. The number of carbonyl (C=O) groups excluding carboxylic acids is 2. The molecule has 1 fully saturated rings. The van der Waals surface area contributed by atoms with Crippen LogP contribution in [0.4, 0.5) is 9.18 Å². The Kier molecular flexibility index (Phi) is 7.22. The van der Waals surface area contributed by atoms with Gasteiger partial charge in [-0.3, -0.25) is 9.59 Å². The molecule has 9 heteroatoms. The van der Waals surface area contributed by atoms with Gasteiger partial charge in [-0.05, 0) is 46.5 Å². The zero-order valence-corrected chi connectivity index (χ0v) is 22.2. The van der Waals surface area contributed by atoms with Gasteiger partial charge in [0.2, 0.25) is 0 Å². The Morgan fingerprint density at radius 1 is 1.11 bits per heavy atom. The predicted molar refractivity (Wildman–Crippen MR) is 137 cm³/mol. The van der Waals surface area contributed by atoms with E-state index < -0.39 is 20.1 Å². The van der Waals surface area contributed by atoms with E-state index in [4.69, 9.17) is 9.84 Å². The molecule has 2 aliphatic heterocycles. The first-order valence-electron chi connectivity index (χ1n) is 12.2. The molecule has 0 unspecified atom stereocenters. The minimum absolute atomic E-state index is 0.00442. The van der Waals surface area contributed by atoms with Gasteiger partial charge in [-0.1, -0.05) is 37.8 Å². The molecule has 1 atom stereocenters. The summed E-state index contributed by atoms with van der Waals surface area (Å²) in [6.45, 7) is 7.30. The Morgan fingerprint density at radius 3 is 2.44 bits per heavy atom. The SMILES string of the molecule is COc1ccc2c(c1)CCN(C(=O)N1CC(CC(=O)O)C1)[C@H]2C(=O)Cc1ccc([Si](C)(C)C)c(F)c1. The van der Waals surface area contributed by atoms with E-state index in [-0.39, 0.29) is 36.4 Å². The topological polar surface area (TPSA) is 87.2 Å². The normalized spacial score (nSPS) is 17.9. The Labute approximate surface area is 211 Å². The van der Waals surface area contributed by atoms with E-state index >= 15 is 0 Å². The molecule has 1 saturated heterocycles. The summed E-state index contributed by atoms with van der Waals surface area (Å²) in [4.78, 5) is 41.3. The fourth-order valence-corrected chi connectivity index (χ4v) is 6.51. The Hall–Kier alpha value is -3.20. The number of carboxylic acid groups (broad SMARTS) is 1. The average molecular weight is 513 g/mol. The van der Waals surface area contributed by atoms with Crippen molar-refractivity contribution < 1.29 is 28.6 Å². The van der Waals surface area contributed by atoms with E-state index in [0.29, 0.717) is 37.4 Å². The molecule has 1 N–H and O–H groups in total. The fraction of sp³-hybridized carbons (Fsp3) is 0.444. The van der Waals surface area contributed by atoms with Crippen LogP contribution < -0.4 is 9.92 Å². The van der Waals surface area contributed by atoms with Crippen LogP contribution in [0.2, 0.25) is 19.6 Å². The molecule has 0 spiro atoms. The molecule has 0 bridgehead atoms. The zero-order valence-electron chi connectivity index (χ0n) is 21.2. The number of Topliss-reactive ketones (excluding diaryl/α,β-unsaturated/α-hetero) is 1. The molecule has 2 aromatic rings. The number of halogens is 1. The van der Waals surface area contributed by atoms with Crippen LogP contribution in [0.5, 0.6) is 5.75 Å². The molecule has 0 aromatic heterocycles. The number of hydrogen-bond acceptors (Lipinski definition) is 4. The van der Waals surface area contributed by atoms with Crippen LogP contribution in [0, 0.1) is 11.7 Å². The summed E-state index contributed by atoms with van der Waals surface area (Å²) in [5.74, 6) is -0.741. The minimum atomic E-state index is -1.85. The third-order valence-corrected chi connectivity index (χ3v) is 9.06. The molecular formula is C27H33FN2O5Si. The van der Waals surface area contributed by atoms with Crippen LogP contribution in [0.3, 0.4) is 0 Å². The van der Waals surface area contributed by atoms with Gasteiger partial charge >= 0.3 is 12.0 Å². The predicted octanol–water partition coefficient (Wildman–Crippen LogP) is 3.62. The molecule has 0 saturated carbocycles. The number of nitrogens with zero attached hydrogens (tertiary/aromatic N) is 2. The number of benzene rings is 2. The van der Waals surface area contributed by atoms with Gasteiger partial charge in [0.15, 0.2) is 5.78 Å². The number of amides is 2. The van der Waals surface area contributed by atoms with Crippen molar-refractivity contribution in [3.8, 4) is 5.75 Å². The van der Waals surface area contributed by atoms with Crippen molar-refractivity contribution >= 4 is 31.0 Å². The first-order valence-corrected chi connectivity index (χ1v) is 15.7. The van der Waals surface area contributed by atoms with E-state index in [2.05, 4.69) is 19.6 Å². The second-order valence-corrected chi connectivity index (χ2v) is 15.8. The molecule has 192 valence electrons. The number of rotatable bonds is 7. The van der Waals surface area contributed by atoms with Gasteiger partial charge in [-0.25, -0.2) is 9.18 Å². The fourth-order valence-electron chi connectivity index (χ4n) is 5.14. The molecule has 2 heterocycles. The van der Waals surface area contributed by atoms with Crippen LogP contribution >= 0.6 is 0 Å². The van der Waals surface area contributed by atoms with Crippen LogP contribution in [0.1, 0.15) is 29.2 Å². The number of likely N-dealkylation sites (tertiary alicyclic amines) is 1. The lowest BCUT2D eigenvalue weighted by atomic mass is 9.87. The molecule has 36 heavy (non-hydrogen) atoms. The monoisotopic (exact) mass is 512 g/mol. The summed E-state index contributed by atoms with van der Waals surface area (Å²) < 4.78 is 20.2. The maximum Gasteiger partial charge on any atom is 0.320 e. The zero-order chi connectivity index (χ0) is 26.2. The maximum absolute atomic E-state index is 14.8. The van der Waals surface area contributed by atoms with Crippen LogP contribution in [-0.4, -0.2) is 67.5 Å². The highest BCUT2D eigenvalue weighted by molar-refractivity contribution is 6.88. The molecule has 0 radical (unpaired) electrons. The van der Waals surface area contributed by atoms with Gasteiger partial charge < -0.3 is 19.6 Å². The van der Waals surface area contributed by atoms with E-state index in [0.717, 1.165) is 16.3 Å². The van der Waals surface area contributed by atoms with Gasteiger partial charge in [-0.2, -0.15) is 0 Å². The van der Waals surface area contributed by atoms with Crippen LogP contribution in [0.25, 0.3) is 0 Å². The summed E-state index contributed by atoms with van der Waals surface area (Å²) in [6.07, 6.45) is 0.603. The molecule has 7 nitrogen and oxygen atoms in total. The summed E-state index contributed by atoms with van der Waals surface area (Å²) in [7, 11) is -0.266. The van der Waals surface area contributed by atoms with Gasteiger partial charge in [0.25, 0.3) is 0 Å². The third-order valence-electron chi connectivity index (χ3n) is 7.04. The van der Waals surface area contributed by atoms with Gasteiger partial charge in [0.1, 0.15) is 17.6 Å². The summed E-state index contributed by atoms with van der Waals surface area (Å²) in [5, 5.41) is 9.74. The van der Waals surface area contributed by atoms with E-state index in [9.17, 15) is 18.8 Å². The van der Waals surface area contributed by atoms with Crippen molar-refractivity contribution in [1.29, 1.82) is 0 Å². The number of carbonyl (C=O) groups is 3. The van der Waals surface area contributed by atoms with Crippen molar-refractivity contribution in [3.63, 3.8) is 0 Å². The highest BCUT2D eigenvalue weighted by Gasteiger charge is 2.41. The molecule has 4 rings (SSSR count). The molecule has 2 aromatic carbocycles. The first kappa shape index (κ1) is 25.9. The maximum atomic E-state index is 14.8. The largest absolute Gasteiger partial charge is 0.497 e. The lowest BCUT2D eigenvalue weighted by Gasteiger charge is -2.45. The molecule has 2 aliphatic rings. The Bertz CT molecular complexity index is 1190. The number of ether oxygens (including phenoxy) is 1. The highest BCUT2D eigenvalue weighted by Crippen LogP contribution is 2.35. The van der Waals surface area contributed by atoms with Gasteiger partial charge in [-0.15, -0.1) is 0 Å². The van der Waals surface area contributed by atoms with Crippen molar-refractivity contribution in [2.75, 3.05) is 26.7 Å². The van der Waals surface area contributed by atoms with Crippen molar-refractivity contribution in [2.45, 2.75) is 44.9 Å². The van der Waals surface area contributed by atoms with E-state index in [1.165, 1.54) is 6.07 Å². The highest BCUT2D eigenvalue weighted by atomic mass is 28.3. The standard InChI is InChI=1S/C27H33FN2O5Si/c1-35-20-6-7-21-19(14-20)9-10-30(27(34)29-15-18(16-29)13-25(32)33)26(21)23(31)12-17-5-8-24(22(28)11-17)36(2,3)4/h5-8,11,14,18,26H,9-10,12-13,15-16H2,1-4H3,(H,32,33)/t26-/m1/s1. The first-order chi connectivity index (χ1) is 17.0. The third kappa shape index (κ3) is 5.30. The lowest BCUT2D eigenvalue weighted by Crippen LogP contribution is -2.57. The lowest BCUT2D eigenvalue weighted by molar-refractivity contribution is -0.139. The van der Waals surface area contributed by atoms with Crippen LogP contribution in [0.15, 0.2) is 36.4 Å². The number of urea groups is 1. The summed E-state index contributed by atoms with van der Waals surface area (Å²) >= 11 is 0. The quantitative estimate of drug-likeness (QED) is 0.573. The second-order valence-electron chi connectivity index (χ2n) is 10.8. The number of methoxy groups -OCH3 is 1. The van der Waals surface area contributed by atoms with Crippen molar-refractivity contribution in [1.82, 2.24) is 9.80 Å². The van der Waals surface area contributed by atoms with Crippen molar-refractivity contribution in [3.05, 3.63) is 58.9 Å². The number of aliphatic carboxylic acids is 1. The average Bonchev–Trinajstić information content (AvgIpc) is 2.78. The number of ketones is 1. The second kappa shape index (κ2) is 10.0. The molecule has 0 aliphatic carbocycles. The summed E-state index contributed by atoms with van der Waals surface area (Å²) in [5.41, 5.74) is 2.28. The number of hydrogen-bond donors (Lipinski definition) is 1. The van der Waals surface area contributed by atoms with Crippen molar-refractivity contribution in [2.24, 2.45) is 5.92 Å². The molecule has 2 amide bonds. The number of fused-ring (bicyclic) bond motifs is 1. The van der Waals surface area contributed by atoms with E-state index in [1.807, 2.05) is 18.2 Å². The minimum Gasteiger partial charge on any atom is -0.497 e. The summed E-state index contributed by atoms with van der Waals surface area (Å²) in [6, 6.07) is 9.48. The van der Waals surface area contributed by atoms with Crippen LogP contribution in [-0.2, 0) is 22.4 Å². The van der Waals surface area contributed by atoms with Gasteiger partial charge in [0.05, 0.1) is 21.6 Å². The Morgan fingerprint density at radius 2 is 1.83 bits per heavy atom. The van der Waals surface area contributed by atoms with E-state index in [1.54, 1.807) is 29.0 Å². The van der Waals surface area contributed by atoms with Gasteiger partial charge in [0, 0.05) is 32.0 Å². The number of carboxylic acids is 1. The molecular weight excluding hydrogens is 479 g/mol. The smallest absolute Gasteiger partial charge is 0.320 e.